The van der Waals surface area contributed by atoms with Crippen LogP contribution in [-0.4, -0.2) is 47.2 Å². The average molecular weight is 383 g/mol. The predicted molar refractivity (Wildman–Crippen MR) is 110 cm³/mol. The summed E-state index contributed by atoms with van der Waals surface area (Å²) in [4.78, 5) is 13.2. The number of fused-ring (bicyclic) bond motifs is 1. The van der Waals surface area contributed by atoms with Gasteiger partial charge in [0.2, 0.25) is 0 Å². The van der Waals surface area contributed by atoms with Crippen LogP contribution < -0.4 is 5.32 Å². The summed E-state index contributed by atoms with van der Waals surface area (Å²) >= 11 is 0. The van der Waals surface area contributed by atoms with E-state index >= 15 is 0 Å². The number of hydrogen-bond donors (Lipinski definition) is 2. The molecule has 2 saturated carbocycles. The van der Waals surface area contributed by atoms with Gasteiger partial charge >= 0.3 is 0 Å². The summed E-state index contributed by atoms with van der Waals surface area (Å²) in [5.74, 6) is 0.695. The Labute approximate surface area is 168 Å². The minimum absolute atomic E-state index is 0.327. The fourth-order valence-electron chi connectivity index (χ4n) is 6.83. The van der Waals surface area contributed by atoms with Crippen LogP contribution in [0, 0.1) is 11.3 Å². The van der Waals surface area contributed by atoms with Crippen LogP contribution >= 0.6 is 0 Å². The maximum absolute atomic E-state index is 11.1. The van der Waals surface area contributed by atoms with Crippen molar-refractivity contribution >= 4 is 6.29 Å². The van der Waals surface area contributed by atoms with Crippen LogP contribution in [0.3, 0.4) is 0 Å². The summed E-state index contributed by atoms with van der Waals surface area (Å²) in [5, 5.41) is 15.1. The Morgan fingerprint density at radius 3 is 2.64 bits per heavy atom. The van der Waals surface area contributed by atoms with Crippen molar-refractivity contribution in [3.8, 4) is 0 Å². The summed E-state index contributed by atoms with van der Waals surface area (Å²) in [6.07, 6.45) is 11.7. The molecule has 1 spiro atoms. The van der Waals surface area contributed by atoms with E-state index in [1.807, 2.05) is 12.1 Å². The number of rotatable bonds is 6. The summed E-state index contributed by atoms with van der Waals surface area (Å²) in [7, 11) is 0. The number of nitrogens with zero attached hydrogens (tertiary/aromatic N) is 1. The SMILES string of the molecule is C[C@H](c1ccc(C=O)cc1)[C@@H]1C[C@@H](CN[C@H]2CCCC23CCCC3)[C@]2(O)CN12. The number of carbonyl (C=O) groups excluding carboxylic acids is 1. The van der Waals surface area contributed by atoms with Crippen LogP contribution in [0.1, 0.15) is 80.1 Å². The molecule has 1 aromatic rings. The zero-order chi connectivity index (χ0) is 19.4. The van der Waals surface area contributed by atoms with Crippen molar-refractivity contribution < 1.29 is 9.90 Å². The lowest BCUT2D eigenvalue weighted by atomic mass is 9.80. The zero-order valence-corrected chi connectivity index (χ0v) is 17.1. The second-order valence-electron chi connectivity index (χ2n) is 10.0. The topological polar surface area (TPSA) is 52.3 Å². The Kier molecular flexibility index (Phi) is 4.65. The summed E-state index contributed by atoms with van der Waals surface area (Å²) in [5.41, 5.74) is 1.97. The minimum atomic E-state index is -0.587. The minimum Gasteiger partial charge on any atom is -0.374 e. The number of piperidine rings is 1. The Hall–Kier alpha value is -1.23. The Morgan fingerprint density at radius 1 is 1.21 bits per heavy atom. The highest BCUT2D eigenvalue weighted by molar-refractivity contribution is 5.74. The molecular weight excluding hydrogens is 348 g/mol. The third-order valence-corrected chi connectivity index (χ3v) is 8.67. The van der Waals surface area contributed by atoms with E-state index in [0.29, 0.717) is 29.3 Å². The fraction of sp³-hybridized carbons (Fsp3) is 0.708. The highest BCUT2D eigenvalue weighted by atomic mass is 16.3. The largest absolute Gasteiger partial charge is 0.374 e. The van der Waals surface area contributed by atoms with Crippen molar-refractivity contribution in [3.05, 3.63) is 35.4 Å². The smallest absolute Gasteiger partial charge is 0.150 e. The lowest BCUT2D eigenvalue weighted by Crippen LogP contribution is -2.44. The van der Waals surface area contributed by atoms with Gasteiger partial charge < -0.3 is 10.4 Å². The molecule has 4 heteroatoms. The first-order chi connectivity index (χ1) is 13.6. The van der Waals surface area contributed by atoms with Gasteiger partial charge in [-0.15, -0.1) is 0 Å². The van der Waals surface area contributed by atoms with Crippen molar-refractivity contribution in [2.45, 2.75) is 82.0 Å². The molecule has 1 aromatic carbocycles. The van der Waals surface area contributed by atoms with E-state index in [1.165, 1.54) is 50.5 Å². The van der Waals surface area contributed by atoms with Crippen molar-refractivity contribution in [1.82, 2.24) is 10.2 Å². The van der Waals surface area contributed by atoms with Crippen molar-refractivity contribution in [2.75, 3.05) is 13.1 Å². The van der Waals surface area contributed by atoms with Crippen LogP contribution in [-0.2, 0) is 0 Å². The molecule has 2 heterocycles. The number of nitrogens with one attached hydrogen (secondary N) is 1. The molecule has 152 valence electrons. The van der Waals surface area contributed by atoms with E-state index < -0.39 is 5.72 Å². The lowest BCUT2D eigenvalue weighted by molar-refractivity contribution is 0.0582. The van der Waals surface area contributed by atoms with Crippen molar-refractivity contribution in [1.29, 1.82) is 0 Å². The maximum Gasteiger partial charge on any atom is 0.150 e. The number of hydrogen-bond acceptors (Lipinski definition) is 4. The number of benzene rings is 1. The highest BCUT2D eigenvalue weighted by Crippen LogP contribution is 2.54. The first-order valence-electron chi connectivity index (χ1n) is 11.3. The van der Waals surface area contributed by atoms with Gasteiger partial charge in [-0.05, 0) is 49.0 Å². The Balaban J connectivity index is 1.23. The molecule has 6 atom stereocenters. The first-order valence-corrected chi connectivity index (χ1v) is 11.3. The molecule has 4 nitrogen and oxygen atoms in total. The quantitative estimate of drug-likeness (QED) is 0.582. The van der Waals surface area contributed by atoms with Gasteiger partial charge in [0.15, 0.2) is 0 Å². The Morgan fingerprint density at radius 2 is 1.93 bits per heavy atom. The molecule has 0 bridgehead atoms. The molecule has 0 amide bonds. The van der Waals surface area contributed by atoms with Gasteiger partial charge in [-0.1, -0.05) is 50.5 Å². The maximum atomic E-state index is 11.1. The number of aldehydes is 1. The molecule has 2 aliphatic carbocycles. The van der Waals surface area contributed by atoms with Gasteiger partial charge in [0.05, 0.1) is 0 Å². The van der Waals surface area contributed by atoms with Crippen LogP contribution in [0.5, 0.6) is 0 Å². The molecule has 0 radical (unpaired) electrons. The molecule has 2 saturated heterocycles. The molecule has 1 unspecified atom stereocenters. The van der Waals surface area contributed by atoms with Crippen LogP contribution in [0.25, 0.3) is 0 Å². The first kappa shape index (κ1) is 18.8. The van der Waals surface area contributed by atoms with Gasteiger partial charge in [-0.3, -0.25) is 9.69 Å². The monoisotopic (exact) mass is 382 g/mol. The van der Waals surface area contributed by atoms with Crippen molar-refractivity contribution in [3.63, 3.8) is 0 Å². The van der Waals surface area contributed by atoms with Gasteiger partial charge in [0.1, 0.15) is 12.0 Å². The molecule has 5 rings (SSSR count). The van der Waals surface area contributed by atoms with Crippen molar-refractivity contribution in [2.24, 2.45) is 11.3 Å². The Bertz CT molecular complexity index is 721. The fourth-order valence-corrected chi connectivity index (χ4v) is 6.83. The lowest BCUT2D eigenvalue weighted by Gasteiger charge is -2.33. The zero-order valence-electron chi connectivity index (χ0n) is 17.1. The number of carbonyl (C=O) groups is 1. The molecule has 2 aliphatic heterocycles. The standard InChI is InChI=1S/C24H34N2O2/c1-17(19-8-6-18(15-27)7-9-19)21-13-20(24(28)16-26(21)24)14-25-22-5-4-12-23(22)10-2-3-11-23/h6-9,15,17,20-22,25,28H,2-5,10-14,16H2,1H3/t17-,20+,21+,22+,24-,26?/m1/s1. The van der Waals surface area contributed by atoms with Gasteiger partial charge in [0.25, 0.3) is 0 Å². The van der Waals surface area contributed by atoms with Gasteiger partial charge in [-0.2, -0.15) is 0 Å². The average Bonchev–Trinajstić information content (AvgIpc) is 3.08. The predicted octanol–water partition coefficient (Wildman–Crippen LogP) is 3.70. The second kappa shape index (κ2) is 6.93. The van der Waals surface area contributed by atoms with E-state index in [2.05, 4.69) is 29.3 Å². The van der Waals surface area contributed by atoms with Crippen LogP contribution in [0.2, 0.25) is 0 Å². The van der Waals surface area contributed by atoms with E-state index in [-0.39, 0.29) is 0 Å². The number of aliphatic hydroxyl groups is 1. The molecular formula is C24H34N2O2. The molecule has 0 aromatic heterocycles. The molecule has 4 fully saturated rings. The normalized spacial score (nSPS) is 39.2. The molecule has 4 aliphatic rings. The third-order valence-electron chi connectivity index (χ3n) is 8.67. The molecule has 28 heavy (non-hydrogen) atoms. The van der Waals surface area contributed by atoms with Crippen LogP contribution in [0.4, 0.5) is 0 Å². The summed E-state index contributed by atoms with van der Waals surface area (Å²) < 4.78 is 0. The van der Waals surface area contributed by atoms with E-state index in [1.54, 1.807) is 0 Å². The van der Waals surface area contributed by atoms with Crippen LogP contribution in [0.15, 0.2) is 24.3 Å². The second-order valence-corrected chi connectivity index (χ2v) is 10.0. The highest BCUT2D eigenvalue weighted by Gasteiger charge is 2.65. The summed E-state index contributed by atoms with van der Waals surface area (Å²) in [6, 6.07) is 9.02. The van der Waals surface area contributed by atoms with E-state index in [0.717, 1.165) is 31.4 Å². The van der Waals surface area contributed by atoms with Gasteiger partial charge in [0, 0.05) is 36.7 Å². The van der Waals surface area contributed by atoms with Gasteiger partial charge in [-0.25, -0.2) is 0 Å². The summed E-state index contributed by atoms with van der Waals surface area (Å²) in [6.45, 7) is 4.03. The van der Waals surface area contributed by atoms with E-state index in [9.17, 15) is 9.90 Å². The third kappa shape index (κ3) is 2.96. The molecule has 2 N–H and O–H groups in total. The van der Waals surface area contributed by atoms with E-state index in [4.69, 9.17) is 0 Å².